The van der Waals surface area contributed by atoms with E-state index in [2.05, 4.69) is 20.6 Å². The number of aliphatic hydroxyl groups excluding tert-OH is 1. The molecule has 7 N–H and O–H groups in total. The van der Waals surface area contributed by atoms with Crippen LogP contribution < -0.4 is 34.6 Å². The number of aliphatic imine (C=N–C) groups is 2. The number of fused-ring (bicyclic) bond motifs is 3. The summed E-state index contributed by atoms with van der Waals surface area (Å²) in [5.74, 6) is 0.00457. The number of carbonyl (C=O) groups excluding carboxylic acids is 2. The number of amidine groups is 1. The molecule has 1 amide bonds. The van der Waals surface area contributed by atoms with Gasteiger partial charge in [-0.25, -0.2) is 14.7 Å². The number of benzene rings is 1. The summed E-state index contributed by atoms with van der Waals surface area (Å²) in [5.41, 5.74) is 1.19. The van der Waals surface area contributed by atoms with Gasteiger partial charge in [-0.1, -0.05) is 0 Å². The summed E-state index contributed by atoms with van der Waals surface area (Å²) >= 11 is 0. The van der Waals surface area contributed by atoms with Crippen LogP contribution in [0.25, 0.3) is 5.57 Å². The smallest absolute Gasteiger partial charge is 0.374 e. The number of quaternary nitrogens is 2. The van der Waals surface area contributed by atoms with E-state index in [0.717, 1.165) is 9.80 Å². The highest BCUT2D eigenvalue weighted by Gasteiger charge is 2.47. The largest absolute Gasteiger partial charge is 0.496 e. The molecule has 1 aromatic carbocycles. The summed E-state index contributed by atoms with van der Waals surface area (Å²) in [6.45, 7) is 5.35. The lowest BCUT2D eigenvalue weighted by Gasteiger charge is -2.27. The molecule has 4 atom stereocenters. The molecule has 0 radical (unpaired) electrons. The van der Waals surface area contributed by atoms with Gasteiger partial charge < -0.3 is 29.2 Å². The van der Waals surface area contributed by atoms with Crippen molar-refractivity contribution >= 4 is 35.0 Å². The molecule has 15 nitrogen and oxygen atoms in total. The Morgan fingerprint density at radius 1 is 1.34 bits per heavy atom. The Kier molecular flexibility index (Phi) is 7.49. The molecule has 0 bridgehead atoms. The first-order valence-corrected chi connectivity index (χ1v) is 14.3. The summed E-state index contributed by atoms with van der Waals surface area (Å²) < 4.78 is 23.4. The number of allylic oxidation sites excluding steroid dienone is 2. The minimum atomic E-state index is -1.18. The van der Waals surface area contributed by atoms with Crippen molar-refractivity contribution in [1.29, 1.82) is 5.41 Å². The highest BCUT2D eigenvalue weighted by Crippen LogP contribution is 2.53. The van der Waals surface area contributed by atoms with Gasteiger partial charge in [-0.15, -0.1) is 0 Å². The predicted octanol–water partition coefficient (Wildman–Crippen LogP) is -2.51. The number of esters is 1. The quantitative estimate of drug-likeness (QED) is 0.156. The highest BCUT2D eigenvalue weighted by molar-refractivity contribution is 6.68. The second-order valence-corrected chi connectivity index (χ2v) is 11.3. The van der Waals surface area contributed by atoms with Crippen LogP contribution >= 0.6 is 0 Å². The van der Waals surface area contributed by atoms with Gasteiger partial charge in [0.1, 0.15) is 36.1 Å². The molecule has 0 aromatic heterocycles. The van der Waals surface area contributed by atoms with Crippen LogP contribution in [0.3, 0.4) is 0 Å². The zero-order valence-corrected chi connectivity index (χ0v) is 24.7. The van der Waals surface area contributed by atoms with Gasteiger partial charge in [0.15, 0.2) is 6.67 Å². The summed E-state index contributed by atoms with van der Waals surface area (Å²) in [4.78, 5) is 35.5. The molecule has 5 heterocycles. The number of carbonyl (C=O) groups is 2. The van der Waals surface area contributed by atoms with Gasteiger partial charge in [-0.05, 0) is 38.5 Å². The third-order valence-corrected chi connectivity index (χ3v) is 8.06. The molecule has 0 aliphatic carbocycles. The van der Waals surface area contributed by atoms with Crippen molar-refractivity contribution in [1.82, 2.24) is 10.6 Å². The Morgan fingerprint density at radius 3 is 2.84 bits per heavy atom. The minimum absolute atomic E-state index is 0.0646. The molecule has 0 fully saturated rings. The van der Waals surface area contributed by atoms with E-state index in [1.54, 1.807) is 26.8 Å². The zero-order valence-electron chi connectivity index (χ0n) is 24.7. The molecule has 0 saturated carbocycles. The standard InChI is InChI=1S/C29H33N7O8/c1-5-42-26(39)17-10-14(6-8-35-9-7-31-28(35)36-13-32-20-24(36)33-27(30)34-25(20)38)19-22(41-4)15-11-18(29(2,3)40)44-21(15)16(12-37)23(19)43-17/h6-7,9-10,18,28,31,37,40H,5,8,11-13H2,1-4H3,(H2,30,34,38)/p+2. The van der Waals surface area contributed by atoms with Crippen molar-refractivity contribution in [2.45, 2.75) is 51.8 Å². The van der Waals surface area contributed by atoms with Crippen LogP contribution in [0.15, 0.2) is 40.3 Å². The molecular weight excluding hydrogens is 574 g/mol. The normalized spacial score (nSPS) is 26.0. The van der Waals surface area contributed by atoms with E-state index in [4.69, 9.17) is 24.4 Å². The predicted molar refractivity (Wildman–Crippen MR) is 155 cm³/mol. The van der Waals surface area contributed by atoms with Crippen molar-refractivity contribution in [2.24, 2.45) is 9.98 Å². The number of nitrogens with one attached hydrogen (secondary N) is 5. The molecule has 232 valence electrons. The molecule has 0 spiro atoms. The van der Waals surface area contributed by atoms with Gasteiger partial charge in [0.05, 0.1) is 43.3 Å². The Labute approximate surface area is 252 Å². The first kappa shape index (κ1) is 29.5. The van der Waals surface area contributed by atoms with Crippen LogP contribution in [-0.2, 0) is 27.4 Å². The van der Waals surface area contributed by atoms with Crippen molar-refractivity contribution in [3.05, 3.63) is 47.0 Å². The van der Waals surface area contributed by atoms with Gasteiger partial charge >= 0.3 is 12.3 Å². The summed E-state index contributed by atoms with van der Waals surface area (Å²) in [6.07, 6.45) is 6.67. The van der Waals surface area contributed by atoms with E-state index < -0.39 is 30.2 Å². The molecule has 6 rings (SSSR count). The number of hydrogen-bond donors (Lipinski definition) is 7. The Balaban J connectivity index is 1.39. The number of rotatable bonds is 8. The molecule has 1 aromatic rings. The lowest BCUT2D eigenvalue weighted by atomic mass is 9.90. The number of nitrogens with zero attached hydrogens (tertiary/aromatic N) is 2. The summed E-state index contributed by atoms with van der Waals surface area (Å²) in [6, 6.07) is 0. The first-order valence-electron chi connectivity index (χ1n) is 14.3. The lowest BCUT2D eigenvalue weighted by molar-refractivity contribution is -1.05. The topological polar surface area (TPSA) is 193 Å². The maximum atomic E-state index is 12.9. The molecule has 4 unspecified atom stereocenters. The van der Waals surface area contributed by atoms with E-state index in [0.29, 0.717) is 52.6 Å². The Bertz CT molecular complexity index is 1600. The fourth-order valence-corrected chi connectivity index (χ4v) is 5.94. The Hall–Kier alpha value is -4.57. The van der Waals surface area contributed by atoms with E-state index in [1.165, 1.54) is 7.11 Å². The minimum Gasteiger partial charge on any atom is -0.496 e. The highest BCUT2D eigenvalue weighted by atomic mass is 16.6. The van der Waals surface area contributed by atoms with Crippen molar-refractivity contribution in [2.75, 3.05) is 26.9 Å². The number of ether oxygens (including phenoxy) is 4. The molecule has 0 saturated heterocycles. The molecule has 5 aliphatic heterocycles. The Morgan fingerprint density at radius 2 is 2.14 bits per heavy atom. The summed E-state index contributed by atoms with van der Waals surface area (Å²) in [5, 5.41) is 34.8. The van der Waals surface area contributed by atoms with Gasteiger partial charge in [0, 0.05) is 12.0 Å². The van der Waals surface area contributed by atoms with Crippen LogP contribution in [0.2, 0.25) is 0 Å². The second kappa shape index (κ2) is 11.2. The summed E-state index contributed by atoms with van der Waals surface area (Å²) in [7, 11) is 1.52. The zero-order chi connectivity index (χ0) is 31.3. The van der Waals surface area contributed by atoms with Crippen molar-refractivity contribution in [3.8, 4) is 17.2 Å². The average molecular weight is 610 g/mol. The molecular formula is C29H35N7O8+2. The van der Waals surface area contributed by atoms with Crippen LogP contribution in [0, 0.1) is 5.41 Å². The maximum absolute atomic E-state index is 12.9. The number of guanidine groups is 1. The number of aliphatic hydroxyl groups is 2. The van der Waals surface area contributed by atoms with Gasteiger partial charge in [-0.3, -0.25) is 20.8 Å². The fraction of sp³-hybridized carbons (Fsp3) is 0.414. The fourth-order valence-electron chi connectivity index (χ4n) is 5.94. The molecule has 5 aliphatic rings. The van der Waals surface area contributed by atoms with Crippen LogP contribution in [0.1, 0.15) is 37.5 Å². The van der Waals surface area contributed by atoms with E-state index in [1.807, 2.05) is 18.5 Å². The SMILES string of the molecule is CCOC(=O)C1=CC(=CC[NH+]2C=CNC2[NH+]2CN=C3C(=O)NC(=N)N=C32)c2c(OC)c3c(c(CO)c2O1)OC(C(C)(C)O)C3. The number of hydrogen-bond acceptors (Lipinski definition) is 11. The van der Waals surface area contributed by atoms with E-state index in [9.17, 15) is 19.8 Å². The van der Waals surface area contributed by atoms with Gasteiger partial charge in [0.2, 0.25) is 17.4 Å². The molecule has 15 heteroatoms. The van der Waals surface area contributed by atoms with Crippen molar-refractivity contribution in [3.63, 3.8) is 0 Å². The number of methoxy groups -OCH3 is 1. The average Bonchev–Trinajstić information content (AvgIpc) is 3.72. The van der Waals surface area contributed by atoms with Crippen LogP contribution in [-0.4, -0.2) is 84.5 Å². The first-order chi connectivity index (χ1) is 21.0. The van der Waals surface area contributed by atoms with E-state index in [-0.39, 0.29) is 42.7 Å². The molecule has 44 heavy (non-hydrogen) atoms. The second-order valence-electron chi connectivity index (χ2n) is 11.3. The van der Waals surface area contributed by atoms with Crippen LogP contribution in [0.4, 0.5) is 0 Å². The lowest BCUT2D eigenvalue weighted by Crippen LogP contribution is -3.36. The van der Waals surface area contributed by atoms with E-state index >= 15 is 0 Å². The van der Waals surface area contributed by atoms with Gasteiger partial charge in [-0.2, -0.15) is 9.89 Å². The number of amides is 1. The van der Waals surface area contributed by atoms with Gasteiger partial charge in [0.25, 0.3) is 11.7 Å². The maximum Gasteiger partial charge on any atom is 0.374 e. The van der Waals surface area contributed by atoms with Crippen molar-refractivity contribution < 1.29 is 48.5 Å². The van der Waals surface area contributed by atoms with Crippen LogP contribution in [0.5, 0.6) is 17.2 Å². The monoisotopic (exact) mass is 609 g/mol. The third kappa shape index (κ3) is 4.93. The third-order valence-electron chi connectivity index (χ3n) is 8.06.